The van der Waals surface area contributed by atoms with Gasteiger partial charge in [-0.05, 0) is 49.9 Å². The molecule has 2 aromatic rings. The predicted octanol–water partition coefficient (Wildman–Crippen LogP) is 4.94. The average Bonchev–Trinajstić information content (AvgIpc) is 3.35. The Labute approximate surface area is 195 Å². The van der Waals surface area contributed by atoms with Crippen molar-refractivity contribution >= 4 is 27.5 Å². The molecule has 0 radical (unpaired) electrons. The van der Waals surface area contributed by atoms with Crippen molar-refractivity contribution in [1.82, 2.24) is 9.62 Å². The van der Waals surface area contributed by atoms with Gasteiger partial charge in [-0.1, -0.05) is 43.6 Å². The number of carbonyl (C=O) groups excluding carboxylic acids is 1. The van der Waals surface area contributed by atoms with E-state index in [1.807, 2.05) is 24.3 Å². The fraction of sp³-hybridized carbons (Fsp3) is 0.458. The highest BCUT2D eigenvalue weighted by molar-refractivity contribution is 7.89. The standard InChI is InChI=1S/C24H29ClN2O4S/c1-3-24(4-2)16-21(18-9-5-6-10-22(18)31-24)26-23(28)19-15-17(11-12-20(19)25)32(29,30)27-13-7-8-14-27/h5-6,9-12,15,21H,3-4,7-8,13-14,16H2,1-2H3,(H,26,28)/t21-/m1/s1. The van der Waals surface area contributed by atoms with Crippen LogP contribution in [0.25, 0.3) is 0 Å². The Morgan fingerprint density at radius 3 is 2.53 bits per heavy atom. The first-order chi connectivity index (χ1) is 15.3. The minimum atomic E-state index is -3.65. The van der Waals surface area contributed by atoms with Crippen molar-refractivity contribution < 1.29 is 17.9 Å². The predicted molar refractivity (Wildman–Crippen MR) is 125 cm³/mol. The quantitative estimate of drug-likeness (QED) is 0.640. The lowest BCUT2D eigenvalue weighted by Gasteiger charge is -2.41. The molecule has 172 valence electrons. The highest BCUT2D eigenvalue weighted by Crippen LogP contribution is 2.42. The number of halogens is 1. The number of amides is 1. The molecule has 4 rings (SSSR count). The van der Waals surface area contributed by atoms with E-state index in [1.54, 1.807) is 0 Å². The SMILES string of the molecule is CCC1(CC)C[C@@H](NC(=O)c2cc(S(=O)(=O)N3CCCC3)ccc2Cl)c2ccccc2O1. The number of nitrogens with one attached hydrogen (secondary N) is 1. The lowest BCUT2D eigenvalue weighted by Crippen LogP contribution is -2.44. The summed E-state index contributed by atoms with van der Waals surface area (Å²) in [4.78, 5) is 13.4. The van der Waals surface area contributed by atoms with Gasteiger partial charge in [0, 0.05) is 25.1 Å². The van der Waals surface area contributed by atoms with Crippen LogP contribution in [-0.4, -0.2) is 37.3 Å². The molecule has 1 fully saturated rings. The van der Waals surface area contributed by atoms with E-state index < -0.39 is 15.9 Å². The van der Waals surface area contributed by atoms with Crippen molar-refractivity contribution in [2.75, 3.05) is 13.1 Å². The molecule has 2 aliphatic heterocycles. The van der Waals surface area contributed by atoms with Crippen LogP contribution in [-0.2, 0) is 10.0 Å². The smallest absolute Gasteiger partial charge is 0.253 e. The van der Waals surface area contributed by atoms with E-state index in [2.05, 4.69) is 19.2 Å². The van der Waals surface area contributed by atoms with Crippen molar-refractivity contribution in [3.8, 4) is 5.75 Å². The molecule has 1 amide bonds. The summed E-state index contributed by atoms with van der Waals surface area (Å²) >= 11 is 6.34. The molecule has 0 aliphatic carbocycles. The summed E-state index contributed by atoms with van der Waals surface area (Å²) in [5.41, 5.74) is 0.710. The number of nitrogens with zero attached hydrogens (tertiary/aromatic N) is 1. The monoisotopic (exact) mass is 476 g/mol. The third-order valence-electron chi connectivity index (χ3n) is 6.68. The molecule has 2 heterocycles. The largest absolute Gasteiger partial charge is 0.487 e. The van der Waals surface area contributed by atoms with Crippen molar-refractivity contribution in [1.29, 1.82) is 0 Å². The van der Waals surface area contributed by atoms with Gasteiger partial charge in [0.05, 0.1) is 21.5 Å². The summed E-state index contributed by atoms with van der Waals surface area (Å²) in [6.07, 6.45) is 3.95. The summed E-state index contributed by atoms with van der Waals surface area (Å²) in [5.74, 6) is 0.375. The van der Waals surface area contributed by atoms with Gasteiger partial charge in [0.25, 0.3) is 5.91 Å². The minimum absolute atomic E-state index is 0.0952. The highest BCUT2D eigenvalue weighted by atomic mass is 35.5. The Bertz CT molecular complexity index is 1110. The molecule has 6 nitrogen and oxygen atoms in total. The number of hydrogen-bond acceptors (Lipinski definition) is 4. The number of carbonyl (C=O) groups is 1. The zero-order valence-corrected chi connectivity index (χ0v) is 20.0. The number of rotatable bonds is 6. The number of ether oxygens (including phenoxy) is 1. The summed E-state index contributed by atoms with van der Waals surface area (Å²) < 4.78 is 33.7. The fourth-order valence-electron chi connectivity index (χ4n) is 4.58. The van der Waals surface area contributed by atoms with Crippen LogP contribution in [0.2, 0.25) is 5.02 Å². The molecule has 0 unspecified atom stereocenters. The van der Waals surface area contributed by atoms with Crippen LogP contribution in [0.1, 0.15) is 67.9 Å². The Balaban J connectivity index is 1.64. The van der Waals surface area contributed by atoms with E-state index in [-0.39, 0.29) is 27.1 Å². The first-order valence-electron chi connectivity index (χ1n) is 11.2. The van der Waals surface area contributed by atoms with Gasteiger partial charge in [0.1, 0.15) is 11.4 Å². The highest BCUT2D eigenvalue weighted by Gasteiger charge is 2.39. The topological polar surface area (TPSA) is 75.7 Å². The lowest BCUT2D eigenvalue weighted by atomic mass is 9.83. The molecule has 0 bridgehead atoms. The minimum Gasteiger partial charge on any atom is -0.487 e. The van der Waals surface area contributed by atoms with Gasteiger partial charge in [-0.3, -0.25) is 4.79 Å². The van der Waals surface area contributed by atoms with Crippen LogP contribution in [0.15, 0.2) is 47.4 Å². The van der Waals surface area contributed by atoms with Gasteiger partial charge in [0.2, 0.25) is 10.0 Å². The summed E-state index contributed by atoms with van der Waals surface area (Å²) in [5, 5.41) is 3.31. The molecular formula is C24H29ClN2O4S. The first-order valence-corrected chi connectivity index (χ1v) is 13.0. The second kappa shape index (κ2) is 9.04. The van der Waals surface area contributed by atoms with Crippen LogP contribution in [0.4, 0.5) is 0 Å². The Hall–Kier alpha value is -2.09. The van der Waals surface area contributed by atoms with Gasteiger partial charge >= 0.3 is 0 Å². The third-order valence-corrected chi connectivity index (χ3v) is 8.90. The van der Waals surface area contributed by atoms with Crippen LogP contribution >= 0.6 is 11.6 Å². The Kier molecular flexibility index (Phi) is 6.52. The van der Waals surface area contributed by atoms with Crippen molar-refractivity contribution in [2.24, 2.45) is 0 Å². The molecule has 0 spiro atoms. The molecule has 2 aliphatic rings. The van der Waals surface area contributed by atoms with Crippen molar-refractivity contribution in [3.63, 3.8) is 0 Å². The van der Waals surface area contributed by atoms with Crippen molar-refractivity contribution in [3.05, 3.63) is 58.6 Å². The Morgan fingerprint density at radius 1 is 1.16 bits per heavy atom. The fourth-order valence-corrected chi connectivity index (χ4v) is 6.33. The van der Waals surface area contributed by atoms with Crippen LogP contribution in [0.3, 0.4) is 0 Å². The summed E-state index contributed by atoms with van der Waals surface area (Å²) in [6, 6.07) is 11.8. The second-order valence-electron chi connectivity index (χ2n) is 8.51. The zero-order chi connectivity index (χ0) is 22.9. The number of benzene rings is 2. The van der Waals surface area contributed by atoms with Crippen LogP contribution in [0.5, 0.6) is 5.75 Å². The molecule has 32 heavy (non-hydrogen) atoms. The maximum atomic E-state index is 13.3. The third kappa shape index (κ3) is 4.26. The number of para-hydroxylation sites is 1. The van der Waals surface area contributed by atoms with E-state index in [0.717, 1.165) is 37.0 Å². The van der Waals surface area contributed by atoms with E-state index >= 15 is 0 Å². The number of hydrogen-bond donors (Lipinski definition) is 1. The van der Waals surface area contributed by atoms with Gasteiger partial charge in [-0.2, -0.15) is 4.31 Å². The molecule has 1 N–H and O–H groups in total. The number of fused-ring (bicyclic) bond motifs is 1. The second-order valence-corrected chi connectivity index (χ2v) is 10.9. The molecule has 1 atom stereocenters. The maximum absolute atomic E-state index is 13.3. The van der Waals surface area contributed by atoms with Gasteiger partial charge < -0.3 is 10.1 Å². The maximum Gasteiger partial charge on any atom is 0.253 e. The summed E-state index contributed by atoms with van der Waals surface area (Å²) in [6.45, 7) is 5.17. The lowest BCUT2D eigenvalue weighted by molar-refractivity contribution is 0.0227. The van der Waals surface area contributed by atoms with E-state index in [0.29, 0.717) is 19.5 Å². The zero-order valence-electron chi connectivity index (χ0n) is 18.4. The summed E-state index contributed by atoms with van der Waals surface area (Å²) in [7, 11) is -3.65. The normalized spacial score (nSPS) is 20.4. The van der Waals surface area contributed by atoms with E-state index in [4.69, 9.17) is 16.3 Å². The van der Waals surface area contributed by atoms with Gasteiger partial charge in [-0.25, -0.2) is 8.42 Å². The Morgan fingerprint density at radius 2 is 1.84 bits per heavy atom. The molecule has 0 aromatic heterocycles. The van der Waals surface area contributed by atoms with Crippen molar-refractivity contribution in [2.45, 2.75) is 62.5 Å². The number of sulfonamides is 1. The molecule has 1 saturated heterocycles. The first kappa shape index (κ1) is 23.1. The molecule has 2 aromatic carbocycles. The molecule has 0 saturated carbocycles. The van der Waals surface area contributed by atoms with E-state index in [1.165, 1.54) is 22.5 Å². The average molecular weight is 477 g/mol. The molecular weight excluding hydrogens is 448 g/mol. The van der Waals surface area contributed by atoms with Gasteiger partial charge in [0.15, 0.2) is 0 Å². The van der Waals surface area contributed by atoms with Crippen LogP contribution < -0.4 is 10.1 Å². The van der Waals surface area contributed by atoms with Crippen LogP contribution in [0, 0.1) is 0 Å². The molecule has 8 heteroatoms. The van der Waals surface area contributed by atoms with E-state index in [9.17, 15) is 13.2 Å². The van der Waals surface area contributed by atoms with Gasteiger partial charge in [-0.15, -0.1) is 0 Å².